The lowest BCUT2D eigenvalue weighted by Gasteiger charge is -2.17. The maximum Gasteiger partial charge on any atom is 0.0397 e. The summed E-state index contributed by atoms with van der Waals surface area (Å²) in [4.78, 5) is 6.44. The van der Waals surface area contributed by atoms with E-state index in [1.807, 2.05) is 12.4 Å². The van der Waals surface area contributed by atoms with E-state index in [0.29, 0.717) is 0 Å². The summed E-state index contributed by atoms with van der Waals surface area (Å²) in [5.41, 5.74) is 1.29. The second kappa shape index (κ2) is 4.65. The van der Waals surface area contributed by atoms with Gasteiger partial charge in [-0.05, 0) is 30.9 Å². The number of nitrogens with zero attached hydrogens (tertiary/aromatic N) is 2. The lowest BCUT2D eigenvalue weighted by Crippen LogP contribution is -2.19. The summed E-state index contributed by atoms with van der Waals surface area (Å²) in [5, 5.41) is 0. The normalized spacial score (nSPS) is 21.5. The van der Waals surface area contributed by atoms with E-state index in [0.717, 1.165) is 31.3 Å². The van der Waals surface area contributed by atoms with Crippen LogP contribution in [0.25, 0.3) is 0 Å². The number of alkyl halides is 1. The molecule has 0 radical (unpaired) electrons. The number of aromatic nitrogens is 1. The first-order chi connectivity index (χ1) is 6.90. The van der Waals surface area contributed by atoms with E-state index in [2.05, 4.69) is 22.0 Å². The van der Waals surface area contributed by atoms with Crippen molar-refractivity contribution in [3.8, 4) is 0 Å². The van der Waals surface area contributed by atoms with Crippen LogP contribution in [-0.2, 0) is 0 Å². The van der Waals surface area contributed by atoms with Gasteiger partial charge in [0.05, 0.1) is 0 Å². The Balaban J connectivity index is 1.96. The predicted molar refractivity (Wildman–Crippen MR) is 59.9 cm³/mol. The van der Waals surface area contributed by atoms with Crippen molar-refractivity contribution >= 4 is 17.3 Å². The Morgan fingerprint density at radius 1 is 1.43 bits per heavy atom. The highest BCUT2D eigenvalue weighted by molar-refractivity contribution is 6.17. The van der Waals surface area contributed by atoms with Gasteiger partial charge >= 0.3 is 0 Å². The molecule has 2 nitrogen and oxygen atoms in total. The van der Waals surface area contributed by atoms with Gasteiger partial charge in [-0.2, -0.15) is 0 Å². The molecule has 1 aliphatic heterocycles. The highest BCUT2D eigenvalue weighted by Gasteiger charge is 2.21. The minimum Gasteiger partial charge on any atom is -0.371 e. The quantitative estimate of drug-likeness (QED) is 0.713. The molecule has 1 fully saturated rings. The van der Waals surface area contributed by atoms with E-state index >= 15 is 0 Å². The lowest BCUT2D eigenvalue weighted by molar-refractivity contribution is 0.572. The summed E-state index contributed by atoms with van der Waals surface area (Å²) in [6.07, 6.45) is 6.12. The van der Waals surface area contributed by atoms with Gasteiger partial charge in [0.25, 0.3) is 0 Å². The zero-order valence-corrected chi connectivity index (χ0v) is 8.95. The molecule has 1 unspecified atom stereocenters. The monoisotopic (exact) mass is 210 g/mol. The van der Waals surface area contributed by atoms with Gasteiger partial charge in [0.2, 0.25) is 0 Å². The fourth-order valence-corrected chi connectivity index (χ4v) is 2.32. The summed E-state index contributed by atoms with van der Waals surface area (Å²) in [6, 6.07) is 4.14. The third-order valence-corrected chi connectivity index (χ3v) is 3.05. The number of halogens is 1. The number of rotatable bonds is 3. The van der Waals surface area contributed by atoms with E-state index in [1.54, 1.807) is 0 Å². The first-order valence-corrected chi connectivity index (χ1v) is 5.64. The molecule has 1 atom stereocenters. The third-order valence-electron chi connectivity index (χ3n) is 2.83. The van der Waals surface area contributed by atoms with Gasteiger partial charge in [-0.3, -0.25) is 4.98 Å². The van der Waals surface area contributed by atoms with Crippen molar-refractivity contribution in [2.45, 2.75) is 12.8 Å². The van der Waals surface area contributed by atoms with E-state index in [9.17, 15) is 0 Å². The average molecular weight is 211 g/mol. The number of pyridine rings is 1. The van der Waals surface area contributed by atoms with Crippen molar-refractivity contribution in [1.29, 1.82) is 0 Å². The topological polar surface area (TPSA) is 16.1 Å². The minimum atomic E-state index is 0.778. The van der Waals surface area contributed by atoms with Crippen LogP contribution >= 0.6 is 11.6 Å². The molecule has 0 aromatic carbocycles. The number of anilines is 1. The van der Waals surface area contributed by atoms with Crippen LogP contribution in [0.3, 0.4) is 0 Å². The summed E-state index contributed by atoms with van der Waals surface area (Å²) in [5.74, 6) is 1.56. The van der Waals surface area contributed by atoms with Crippen molar-refractivity contribution < 1.29 is 0 Å². The van der Waals surface area contributed by atoms with Crippen LogP contribution < -0.4 is 4.90 Å². The number of hydrogen-bond donors (Lipinski definition) is 0. The standard InChI is InChI=1S/C11H15ClN2/c12-5-1-10-4-8-14(9-10)11-2-6-13-7-3-11/h2-3,6-7,10H,1,4-5,8-9H2. The zero-order valence-electron chi connectivity index (χ0n) is 8.19. The van der Waals surface area contributed by atoms with Crippen LogP contribution in [0.1, 0.15) is 12.8 Å². The van der Waals surface area contributed by atoms with Crippen molar-refractivity contribution in [2.24, 2.45) is 5.92 Å². The van der Waals surface area contributed by atoms with Crippen LogP contribution in [0.2, 0.25) is 0 Å². The molecular formula is C11H15ClN2. The summed E-state index contributed by atoms with van der Waals surface area (Å²) in [6.45, 7) is 2.31. The molecule has 0 amide bonds. The first-order valence-electron chi connectivity index (χ1n) is 5.11. The van der Waals surface area contributed by atoms with E-state index in [-0.39, 0.29) is 0 Å². The zero-order chi connectivity index (χ0) is 9.80. The first kappa shape index (κ1) is 9.78. The lowest BCUT2D eigenvalue weighted by atomic mass is 10.1. The second-order valence-electron chi connectivity index (χ2n) is 3.78. The molecule has 1 aromatic rings. The molecule has 14 heavy (non-hydrogen) atoms. The fraction of sp³-hybridized carbons (Fsp3) is 0.545. The molecule has 0 bridgehead atoms. The van der Waals surface area contributed by atoms with Gasteiger partial charge in [0, 0.05) is 37.1 Å². The Hall–Kier alpha value is -0.760. The average Bonchev–Trinajstić information content (AvgIpc) is 2.68. The minimum absolute atomic E-state index is 0.778. The molecule has 0 aliphatic carbocycles. The van der Waals surface area contributed by atoms with Gasteiger partial charge in [-0.25, -0.2) is 0 Å². The van der Waals surface area contributed by atoms with Gasteiger partial charge in [0.1, 0.15) is 0 Å². The van der Waals surface area contributed by atoms with Crippen LogP contribution in [0.15, 0.2) is 24.5 Å². The molecule has 1 aliphatic rings. The largest absolute Gasteiger partial charge is 0.371 e. The maximum absolute atomic E-state index is 5.75. The Bertz CT molecular complexity index is 276. The van der Waals surface area contributed by atoms with Gasteiger partial charge in [-0.15, -0.1) is 11.6 Å². The Morgan fingerprint density at radius 2 is 2.21 bits per heavy atom. The highest BCUT2D eigenvalue weighted by atomic mass is 35.5. The molecule has 1 aromatic heterocycles. The molecule has 76 valence electrons. The Morgan fingerprint density at radius 3 is 2.93 bits per heavy atom. The molecule has 2 rings (SSSR count). The molecule has 3 heteroatoms. The van der Waals surface area contributed by atoms with Crippen molar-refractivity contribution in [1.82, 2.24) is 4.98 Å². The van der Waals surface area contributed by atoms with Crippen LogP contribution in [0.5, 0.6) is 0 Å². The van der Waals surface area contributed by atoms with Crippen molar-refractivity contribution in [2.75, 3.05) is 23.9 Å². The van der Waals surface area contributed by atoms with Gasteiger partial charge < -0.3 is 4.90 Å². The molecule has 1 saturated heterocycles. The van der Waals surface area contributed by atoms with Crippen molar-refractivity contribution in [3.05, 3.63) is 24.5 Å². The SMILES string of the molecule is ClCCC1CCN(c2ccncc2)C1. The summed E-state index contributed by atoms with van der Waals surface area (Å²) in [7, 11) is 0. The Labute approximate surface area is 89.9 Å². The van der Waals surface area contributed by atoms with Crippen LogP contribution in [-0.4, -0.2) is 24.0 Å². The fourth-order valence-electron chi connectivity index (χ4n) is 2.01. The molecule has 0 N–H and O–H groups in total. The maximum atomic E-state index is 5.75. The van der Waals surface area contributed by atoms with E-state index in [1.165, 1.54) is 12.1 Å². The summed E-state index contributed by atoms with van der Waals surface area (Å²) >= 11 is 5.75. The highest BCUT2D eigenvalue weighted by Crippen LogP contribution is 2.25. The number of hydrogen-bond acceptors (Lipinski definition) is 2. The van der Waals surface area contributed by atoms with Gasteiger partial charge in [-0.1, -0.05) is 0 Å². The molecule has 0 saturated carbocycles. The van der Waals surface area contributed by atoms with Crippen LogP contribution in [0.4, 0.5) is 5.69 Å². The van der Waals surface area contributed by atoms with Gasteiger partial charge in [0.15, 0.2) is 0 Å². The van der Waals surface area contributed by atoms with E-state index in [4.69, 9.17) is 11.6 Å². The predicted octanol–water partition coefficient (Wildman–Crippen LogP) is 2.54. The van der Waals surface area contributed by atoms with Crippen LogP contribution in [0, 0.1) is 5.92 Å². The van der Waals surface area contributed by atoms with E-state index < -0.39 is 0 Å². The Kier molecular flexibility index (Phi) is 3.25. The third kappa shape index (κ3) is 2.18. The van der Waals surface area contributed by atoms with Crippen molar-refractivity contribution in [3.63, 3.8) is 0 Å². The molecule has 0 spiro atoms. The molecular weight excluding hydrogens is 196 g/mol. The molecule has 2 heterocycles. The summed E-state index contributed by atoms with van der Waals surface area (Å²) < 4.78 is 0. The smallest absolute Gasteiger partial charge is 0.0397 e. The second-order valence-corrected chi connectivity index (χ2v) is 4.16.